The fourth-order valence-electron chi connectivity index (χ4n) is 0. The average Bonchev–Trinajstić information content (AvgIpc) is 0.811. The maximum atomic E-state index is 6.04. The van der Waals surface area contributed by atoms with Crippen molar-refractivity contribution in [1.29, 1.82) is 5.41 Å². The molecule has 0 spiro atoms. The molecule has 0 fully saturated rings. The van der Waals surface area contributed by atoms with E-state index in [1.807, 2.05) is 0 Å². The van der Waals surface area contributed by atoms with E-state index in [4.69, 9.17) is 5.41 Å². The third-order valence-corrected chi connectivity index (χ3v) is 0. The summed E-state index contributed by atoms with van der Waals surface area (Å²) in [4.78, 5) is 0. The number of hydrogen-bond acceptors (Lipinski definition) is 1. The summed E-state index contributed by atoms with van der Waals surface area (Å²) in [7, 11) is 0. The van der Waals surface area contributed by atoms with Gasteiger partial charge in [-0.3, -0.25) is 10.1 Å². The number of nitrogens with one attached hydrogen (secondary N) is 1. The average molecular weight is 219 g/mol. The minimum absolute atomic E-state index is 0. The van der Waals surface area contributed by atoms with Gasteiger partial charge in [-0.15, -0.1) is 0 Å². The zero-order valence-electron chi connectivity index (χ0n) is 3.07. The molecule has 0 aliphatic rings. The molecule has 38 valence electrons. The number of halogens is 2. The van der Waals surface area contributed by atoms with Crippen LogP contribution in [0.25, 0.3) is 0 Å². The van der Waals surface area contributed by atoms with Crippen molar-refractivity contribution in [2.24, 2.45) is 5.73 Å². The zero-order valence-corrected chi connectivity index (χ0v) is 7.86. The first-order valence-electron chi connectivity index (χ1n) is 0.728. The monoisotopic (exact) mass is 220 g/mol. The predicted molar refractivity (Wildman–Crippen MR) is 28.8 cm³/mol. The van der Waals surface area contributed by atoms with Crippen LogP contribution < -0.4 is 5.73 Å². The molecule has 0 aromatic rings. The van der Waals surface area contributed by atoms with Crippen molar-refractivity contribution in [3.63, 3.8) is 0 Å². The Hall–Kier alpha value is 0.489. The van der Waals surface area contributed by atoms with Crippen LogP contribution in [0, 0.1) is 5.41 Å². The van der Waals surface area contributed by atoms with Gasteiger partial charge < -0.3 is 5.73 Å². The van der Waals surface area contributed by atoms with Gasteiger partial charge in [0.25, 0.3) is 0 Å². The molecule has 5 heteroatoms. The van der Waals surface area contributed by atoms with E-state index < -0.39 is 0 Å². The third kappa shape index (κ3) is 229. The topological polar surface area (TPSA) is 49.9 Å². The number of nitrogens with two attached hydrogens (primary N) is 1. The Bertz CT molecular complexity index is 36.5. The van der Waals surface area contributed by atoms with Crippen LogP contribution in [0.15, 0.2) is 0 Å². The molecule has 6 heavy (non-hydrogen) atoms. The minimum atomic E-state index is -0.361. The summed E-state index contributed by atoms with van der Waals surface area (Å²) in [5.74, 6) is 0. The fourth-order valence-corrected chi connectivity index (χ4v) is 0. The second-order valence-corrected chi connectivity index (χ2v) is 0.755. The molecule has 0 unspecified atom stereocenters. The van der Waals surface area contributed by atoms with Gasteiger partial charge in [0, 0.05) is 0 Å². The van der Waals surface area contributed by atoms with Crippen LogP contribution in [0.2, 0.25) is 0 Å². The molecule has 0 bridgehead atoms. The van der Waals surface area contributed by atoms with Crippen LogP contribution in [0.4, 0.5) is 4.70 Å². The SMILES string of the molecule is F.N=C(N)Cl.[SnH2]. The first-order chi connectivity index (χ1) is 1.73. The number of rotatable bonds is 0. The second-order valence-electron chi connectivity index (χ2n) is 0.348. The van der Waals surface area contributed by atoms with Gasteiger partial charge >= 0.3 is 23.9 Å². The first-order valence-corrected chi connectivity index (χ1v) is 1.11. The van der Waals surface area contributed by atoms with E-state index in [9.17, 15) is 0 Å². The molecule has 0 amide bonds. The summed E-state index contributed by atoms with van der Waals surface area (Å²) in [6.07, 6.45) is 0. The van der Waals surface area contributed by atoms with E-state index in [1.54, 1.807) is 0 Å². The summed E-state index contributed by atoms with van der Waals surface area (Å²) in [5.41, 5.74) is 4.46. The summed E-state index contributed by atoms with van der Waals surface area (Å²) in [5, 5.41) is 5.68. The molecule has 0 atom stereocenters. The second kappa shape index (κ2) is 9.09. The molecule has 0 heterocycles. The molecular weight excluding hydrogens is 213 g/mol. The summed E-state index contributed by atoms with van der Waals surface area (Å²) in [6, 6.07) is 0. The van der Waals surface area contributed by atoms with Crippen LogP contribution in [-0.2, 0) is 0 Å². The molecule has 0 rings (SSSR count). The summed E-state index contributed by atoms with van der Waals surface area (Å²) < 4.78 is 0. The molecule has 0 aromatic heterocycles. The molecule has 2 radical (unpaired) electrons. The van der Waals surface area contributed by atoms with Crippen molar-refractivity contribution >= 4 is 40.8 Å². The van der Waals surface area contributed by atoms with Gasteiger partial charge in [-0.25, -0.2) is 0 Å². The van der Waals surface area contributed by atoms with E-state index in [0.29, 0.717) is 0 Å². The third-order valence-electron chi connectivity index (χ3n) is 0. The summed E-state index contributed by atoms with van der Waals surface area (Å²) in [6.45, 7) is 0. The van der Waals surface area contributed by atoms with Crippen molar-refractivity contribution in [3.05, 3.63) is 0 Å². The van der Waals surface area contributed by atoms with E-state index in [2.05, 4.69) is 17.3 Å². The van der Waals surface area contributed by atoms with Crippen LogP contribution in [0.5, 0.6) is 0 Å². The predicted octanol–water partition coefficient (Wildman–Crippen LogP) is -0.645. The summed E-state index contributed by atoms with van der Waals surface area (Å²) >= 11 is 4.64. The van der Waals surface area contributed by atoms with Gasteiger partial charge in [0.15, 0.2) is 5.29 Å². The van der Waals surface area contributed by atoms with Crippen molar-refractivity contribution in [3.8, 4) is 0 Å². The standard InChI is InChI=1S/CH3ClN2.FH.Sn.2H/c2-1(3)4;;;;/h(H3,3,4);1H;;;. The van der Waals surface area contributed by atoms with Crippen LogP contribution in [-0.4, -0.2) is 29.2 Å². The molecule has 2 nitrogen and oxygen atoms in total. The molecule has 3 N–H and O–H groups in total. The molecule has 0 saturated carbocycles. The Morgan fingerprint density at radius 1 is 1.67 bits per heavy atom. The van der Waals surface area contributed by atoms with Gasteiger partial charge in [0.05, 0.1) is 0 Å². The zero-order chi connectivity index (χ0) is 3.58. The Kier molecular flexibility index (Phi) is 24.3. The quantitative estimate of drug-likeness (QED) is 0.242. The van der Waals surface area contributed by atoms with E-state index in [1.165, 1.54) is 0 Å². The molecule has 0 aliphatic heterocycles. The fraction of sp³-hybridized carbons (Fsp3) is 0. The van der Waals surface area contributed by atoms with Crippen molar-refractivity contribution in [1.82, 2.24) is 0 Å². The molecule has 0 saturated heterocycles. The molecular formula is CH6ClFN2Sn. The van der Waals surface area contributed by atoms with Gasteiger partial charge in [0.2, 0.25) is 0 Å². The van der Waals surface area contributed by atoms with Gasteiger partial charge in [-0.2, -0.15) is 0 Å². The molecule has 0 aliphatic carbocycles. The normalized spacial score (nSPS) is 4.17. The van der Waals surface area contributed by atoms with Crippen molar-refractivity contribution in [2.45, 2.75) is 0 Å². The van der Waals surface area contributed by atoms with E-state index in [0.717, 1.165) is 0 Å². The Balaban J connectivity index is -0.0000000450. The van der Waals surface area contributed by atoms with Crippen molar-refractivity contribution in [2.75, 3.05) is 0 Å². The van der Waals surface area contributed by atoms with Crippen molar-refractivity contribution < 1.29 is 4.70 Å². The number of amidine groups is 1. The first kappa shape index (κ1) is 16.1. The van der Waals surface area contributed by atoms with E-state index >= 15 is 0 Å². The van der Waals surface area contributed by atoms with Gasteiger partial charge in [-0.05, 0) is 11.6 Å². The molecule has 0 aromatic carbocycles. The van der Waals surface area contributed by atoms with Gasteiger partial charge in [0.1, 0.15) is 0 Å². The van der Waals surface area contributed by atoms with Crippen LogP contribution in [0.1, 0.15) is 0 Å². The van der Waals surface area contributed by atoms with Crippen LogP contribution in [0.3, 0.4) is 0 Å². The van der Waals surface area contributed by atoms with Crippen LogP contribution >= 0.6 is 11.6 Å². The Morgan fingerprint density at radius 3 is 1.67 bits per heavy atom. The number of hydrogen-bond donors (Lipinski definition) is 2. The van der Waals surface area contributed by atoms with E-state index in [-0.39, 0.29) is 33.9 Å². The Morgan fingerprint density at radius 2 is 1.67 bits per heavy atom. The maximum absolute atomic E-state index is 6.04. The van der Waals surface area contributed by atoms with Gasteiger partial charge in [-0.1, -0.05) is 0 Å². The Labute approximate surface area is 56.9 Å².